The highest BCUT2D eigenvalue weighted by atomic mass is 16.5. The second-order valence-corrected chi connectivity index (χ2v) is 9.39. The Morgan fingerprint density at radius 1 is 1.06 bits per heavy atom. The fourth-order valence-electron chi connectivity index (χ4n) is 4.86. The molecule has 7 nitrogen and oxygen atoms in total. The van der Waals surface area contributed by atoms with E-state index in [4.69, 9.17) is 4.74 Å². The van der Waals surface area contributed by atoms with Crippen LogP contribution in [-0.4, -0.2) is 77.4 Å². The number of nitrogens with zero attached hydrogens (tertiary/aromatic N) is 4. The Bertz CT molecular complexity index is 815. The van der Waals surface area contributed by atoms with E-state index in [-0.39, 0.29) is 42.5 Å². The fraction of sp³-hybridized carbons (Fsp3) is 0.640. The number of carbonyl (C=O) groups is 2. The Hall–Kier alpha value is -2.59. The maximum atomic E-state index is 12.9. The highest BCUT2D eigenvalue weighted by Crippen LogP contribution is 2.23. The van der Waals surface area contributed by atoms with Crippen LogP contribution in [0.2, 0.25) is 0 Å². The summed E-state index contributed by atoms with van der Waals surface area (Å²) in [5.74, 6) is 0.856. The molecule has 3 unspecified atom stereocenters. The summed E-state index contributed by atoms with van der Waals surface area (Å²) in [6, 6.07) is 9.79. The van der Waals surface area contributed by atoms with Crippen molar-refractivity contribution in [2.45, 2.75) is 65.1 Å². The number of likely N-dealkylation sites (tertiary alicyclic amines) is 1. The smallest absolute Gasteiger partial charge is 0.260 e. The van der Waals surface area contributed by atoms with Gasteiger partial charge in [-0.05, 0) is 63.3 Å². The van der Waals surface area contributed by atoms with Gasteiger partial charge >= 0.3 is 0 Å². The number of piperidine rings is 1. The molecule has 0 saturated carbocycles. The molecule has 0 bridgehead atoms. The molecule has 2 amide bonds. The van der Waals surface area contributed by atoms with E-state index in [1.807, 2.05) is 9.80 Å². The average molecular weight is 441 g/mol. The van der Waals surface area contributed by atoms with Crippen LogP contribution in [0.1, 0.15) is 57.3 Å². The van der Waals surface area contributed by atoms with Gasteiger partial charge in [0, 0.05) is 43.8 Å². The Morgan fingerprint density at radius 2 is 1.66 bits per heavy atom. The molecule has 2 fully saturated rings. The quantitative estimate of drug-likeness (QED) is 0.679. The fourth-order valence-corrected chi connectivity index (χ4v) is 4.86. The predicted octanol–water partition coefficient (Wildman–Crippen LogP) is 3.16. The van der Waals surface area contributed by atoms with Gasteiger partial charge in [0.05, 0.1) is 6.07 Å². The average Bonchev–Trinajstić information content (AvgIpc) is 2.78. The number of amides is 2. The van der Waals surface area contributed by atoms with Crippen molar-refractivity contribution in [3.63, 3.8) is 0 Å². The van der Waals surface area contributed by atoms with Crippen molar-refractivity contribution in [1.29, 1.82) is 5.26 Å². The van der Waals surface area contributed by atoms with Crippen molar-refractivity contribution >= 4 is 11.8 Å². The third-order valence-electron chi connectivity index (χ3n) is 6.70. The highest BCUT2D eigenvalue weighted by molar-refractivity contribution is 5.94. The van der Waals surface area contributed by atoms with Crippen LogP contribution in [0.5, 0.6) is 5.75 Å². The number of hydrogen-bond donors (Lipinski definition) is 0. The first-order valence-corrected chi connectivity index (χ1v) is 11.8. The third-order valence-corrected chi connectivity index (χ3v) is 6.70. The molecule has 3 atom stereocenters. The molecule has 2 aliphatic rings. The maximum absolute atomic E-state index is 12.9. The monoisotopic (exact) mass is 440 g/mol. The summed E-state index contributed by atoms with van der Waals surface area (Å²) in [5.41, 5.74) is 0.607. The van der Waals surface area contributed by atoms with Crippen LogP contribution in [0.4, 0.5) is 0 Å². The SMILES string of the molecule is CC(C)C(C#N)N1CCN(C(=O)c2ccc(OCC(=O)N3C(C)CCCC3C)cc2)CC1. The van der Waals surface area contributed by atoms with E-state index in [1.54, 1.807) is 24.3 Å². The van der Waals surface area contributed by atoms with Gasteiger partial charge in [0.1, 0.15) is 11.8 Å². The number of nitriles is 1. The summed E-state index contributed by atoms with van der Waals surface area (Å²) in [4.78, 5) is 31.4. The molecular formula is C25H36N4O3. The van der Waals surface area contributed by atoms with Gasteiger partial charge < -0.3 is 14.5 Å². The summed E-state index contributed by atoms with van der Waals surface area (Å²) >= 11 is 0. The van der Waals surface area contributed by atoms with E-state index in [1.165, 1.54) is 0 Å². The van der Waals surface area contributed by atoms with E-state index in [0.717, 1.165) is 19.3 Å². The molecule has 0 radical (unpaired) electrons. The zero-order valence-corrected chi connectivity index (χ0v) is 19.8. The second kappa shape index (κ2) is 10.8. The number of benzene rings is 1. The molecule has 0 spiro atoms. The van der Waals surface area contributed by atoms with Gasteiger partial charge in [-0.1, -0.05) is 13.8 Å². The van der Waals surface area contributed by atoms with Crippen molar-refractivity contribution < 1.29 is 14.3 Å². The number of piperazine rings is 1. The number of hydrogen-bond acceptors (Lipinski definition) is 5. The Kier molecular flexibility index (Phi) is 8.14. The van der Waals surface area contributed by atoms with Gasteiger partial charge in [0.2, 0.25) is 0 Å². The number of carbonyl (C=O) groups excluding carboxylic acids is 2. The lowest BCUT2D eigenvalue weighted by Gasteiger charge is -2.39. The topological polar surface area (TPSA) is 76.9 Å². The molecule has 32 heavy (non-hydrogen) atoms. The molecule has 1 aromatic rings. The van der Waals surface area contributed by atoms with Gasteiger partial charge in [-0.2, -0.15) is 5.26 Å². The molecule has 3 rings (SSSR count). The second-order valence-electron chi connectivity index (χ2n) is 9.39. The zero-order valence-electron chi connectivity index (χ0n) is 19.8. The Morgan fingerprint density at radius 3 is 2.19 bits per heavy atom. The molecule has 7 heteroatoms. The first kappa shape index (κ1) is 24.1. The minimum absolute atomic E-state index is 0.0127. The van der Waals surface area contributed by atoms with E-state index in [9.17, 15) is 14.9 Å². The minimum atomic E-state index is -0.109. The van der Waals surface area contributed by atoms with E-state index in [2.05, 4.69) is 38.7 Å². The lowest BCUT2D eigenvalue weighted by atomic mass is 9.97. The zero-order chi connectivity index (χ0) is 23.3. The molecule has 2 saturated heterocycles. The molecule has 0 N–H and O–H groups in total. The van der Waals surface area contributed by atoms with Gasteiger partial charge in [0.15, 0.2) is 6.61 Å². The largest absolute Gasteiger partial charge is 0.484 e. The van der Waals surface area contributed by atoms with Gasteiger partial charge in [-0.25, -0.2) is 0 Å². The van der Waals surface area contributed by atoms with Gasteiger partial charge in [-0.15, -0.1) is 0 Å². The molecule has 2 aliphatic heterocycles. The van der Waals surface area contributed by atoms with Crippen LogP contribution in [0, 0.1) is 17.2 Å². The first-order valence-electron chi connectivity index (χ1n) is 11.8. The molecule has 2 heterocycles. The van der Waals surface area contributed by atoms with Crippen molar-refractivity contribution in [3.05, 3.63) is 29.8 Å². The van der Waals surface area contributed by atoms with E-state index in [0.29, 0.717) is 37.5 Å². The standard InChI is InChI=1S/C25H36N4O3/c1-18(2)23(16-26)27-12-14-28(15-13-27)25(31)21-8-10-22(11-9-21)32-17-24(30)29-19(3)6-5-7-20(29)4/h8-11,18-20,23H,5-7,12-15,17H2,1-4H3. The number of rotatable bonds is 6. The normalized spacial score (nSPS) is 23.0. The Labute approximate surface area is 191 Å². The summed E-state index contributed by atoms with van der Waals surface area (Å²) in [6.07, 6.45) is 3.24. The van der Waals surface area contributed by atoms with Crippen molar-refractivity contribution in [3.8, 4) is 11.8 Å². The summed E-state index contributed by atoms with van der Waals surface area (Å²) in [5, 5.41) is 9.40. The van der Waals surface area contributed by atoms with Crippen LogP contribution in [-0.2, 0) is 4.79 Å². The van der Waals surface area contributed by atoms with E-state index >= 15 is 0 Å². The predicted molar refractivity (Wildman–Crippen MR) is 123 cm³/mol. The van der Waals surface area contributed by atoms with Gasteiger partial charge in [-0.3, -0.25) is 14.5 Å². The van der Waals surface area contributed by atoms with Gasteiger partial charge in [0.25, 0.3) is 11.8 Å². The molecule has 0 aromatic heterocycles. The summed E-state index contributed by atoms with van der Waals surface area (Å²) in [7, 11) is 0. The molecule has 1 aromatic carbocycles. The van der Waals surface area contributed by atoms with Crippen molar-refractivity contribution in [2.75, 3.05) is 32.8 Å². The molecule has 174 valence electrons. The minimum Gasteiger partial charge on any atom is -0.484 e. The summed E-state index contributed by atoms with van der Waals surface area (Å²) in [6.45, 7) is 10.9. The van der Waals surface area contributed by atoms with Crippen molar-refractivity contribution in [1.82, 2.24) is 14.7 Å². The van der Waals surface area contributed by atoms with Crippen LogP contribution >= 0.6 is 0 Å². The van der Waals surface area contributed by atoms with Crippen LogP contribution in [0.15, 0.2) is 24.3 Å². The Balaban J connectivity index is 1.51. The van der Waals surface area contributed by atoms with Crippen molar-refractivity contribution in [2.24, 2.45) is 5.92 Å². The lowest BCUT2D eigenvalue weighted by Crippen LogP contribution is -2.52. The summed E-state index contributed by atoms with van der Waals surface area (Å²) < 4.78 is 5.72. The first-order chi connectivity index (χ1) is 15.3. The maximum Gasteiger partial charge on any atom is 0.260 e. The lowest BCUT2D eigenvalue weighted by molar-refractivity contribution is -0.139. The molecule has 0 aliphatic carbocycles. The van der Waals surface area contributed by atoms with Crippen LogP contribution in [0.25, 0.3) is 0 Å². The van der Waals surface area contributed by atoms with E-state index < -0.39 is 0 Å². The van der Waals surface area contributed by atoms with Crippen LogP contribution < -0.4 is 4.74 Å². The molecular weight excluding hydrogens is 404 g/mol. The van der Waals surface area contributed by atoms with Crippen LogP contribution in [0.3, 0.4) is 0 Å². The third kappa shape index (κ3) is 5.60. The highest BCUT2D eigenvalue weighted by Gasteiger charge is 2.30. The number of ether oxygens (including phenoxy) is 1.